The molecule has 0 aliphatic heterocycles. The second-order valence-electron chi connectivity index (χ2n) is 0.394. The van der Waals surface area contributed by atoms with E-state index in [1.165, 1.54) is 0 Å². The molecule has 0 saturated carbocycles. The van der Waals surface area contributed by atoms with Crippen molar-refractivity contribution >= 4 is 35.7 Å². The van der Waals surface area contributed by atoms with Crippen LogP contribution in [0.15, 0.2) is 0 Å². The third-order valence-corrected chi connectivity index (χ3v) is 0. The predicted octanol–water partition coefficient (Wildman–Crippen LogP) is -0.311. The summed E-state index contributed by atoms with van der Waals surface area (Å²) in [5.74, 6) is 0. The van der Waals surface area contributed by atoms with Crippen molar-refractivity contribution in [3.8, 4) is 0 Å². The summed E-state index contributed by atoms with van der Waals surface area (Å²) in [5.41, 5.74) is 11.0. The Morgan fingerprint density at radius 2 is 1.38 bits per heavy atom. The number of rotatable bonds is 0. The summed E-state index contributed by atoms with van der Waals surface area (Å²) in [6.45, 7) is 0. The van der Waals surface area contributed by atoms with Crippen molar-refractivity contribution in [3.05, 3.63) is 0 Å². The first-order chi connectivity index (χ1) is 3.15. The van der Waals surface area contributed by atoms with Crippen molar-refractivity contribution in [2.45, 2.75) is 0 Å². The summed E-state index contributed by atoms with van der Waals surface area (Å²) in [7, 11) is 0. The Kier molecular flexibility index (Phi) is 31.3. The van der Waals surface area contributed by atoms with Crippen LogP contribution in [0.1, 0.15) is 0 Å². The van der Waals surface area contributed by atoms with Gasteiger partial charge in [0.1, 0.15) is 11.1 Å². The molecule has 0 amide bonds. The van der Waals surface area contributed by atoms with E-state index in [1.54, 1.807) is 0 Å². The van der Waals surface area contributed by atoms with Gasteiger partial charge in [-0.3, -0.25) is 0 Å². The molecule has 0 unspecified atom stereocenters. The minimum atomic E-state index is -1.83. The first-order valence-electron chi connectivity index (χ1n) is 1.10. The summed E-state index contributed by atoms with van der Waals surface area (Å²) in [6, 6.07) is 0. The molecule has 7 heteroatoms. The van der Waals surface area contributed by atoms with Gasteiger partial charge in [0, 0.05) is 0 Å². The van der Waals surface area contributed by atoms with Crippen molar-refractivity contribution in [1.82, 2.24) is 4.91 Å². The molecule has 0 bridgehead atoms. The van der Waals surface area contributed by atoms with Gasteiger partial charge >= 0.3 is 35.7 Å². The standard InChI is InChI=1S/CH2O3.H2N3.Na.H/c2-1(3)4;1-3-2;;/h(H2,2,3,4);1-2H;;/q;+1;;. The molecule has 0 rings (SSSR count). The number of carboxylic acid groups (broad SMARTS) is 2. The Morgan fingerprint density at radius 1 is 1.38 bits per heavy atom. The van der Waals surface area contributed by atoms with Gasteiger partial charge in [0.15, 0.2) is 0 Å². The van der Waals surface area contributed by atoms with Gasteiger partial charge in [-0.05, 0) is 0 Å². The van der Waals surface area contributed by atoms with Crippen LogP contribution in [0.25, 0.3) is 0 Å². The minimum absolute atomic E-state index is 0. The van der Waals surface area contributed by atoms with Crippen molar-refractivity contribution in [2.75, 3.05) is 0 Å². The van der Waals surface area contributed by atoms with E-state index in [0.717, 1.165) is 0 Å². The fraction of sp³-hybridized carbons (Fsp3) is 0. The summed E-state index contributed by atoms with van der Waals surface area (Å²) >= 11 is 0. The van der Waals surface area contributed by atoms with E-state index < -0.39 is 6.16 Å². The van der Waals surface area contributed by atoms with E-state index in [4.69, 9.17) is 26.1 Å². The Labute approximate surface area is 66.8 Å². The first-order valence-corrected chi connectivity index (χ1v) is 1.10. The fourth-order valence-corrected chi connectivity index (χ4v) is 0. The van der Waals surface area contributed by atoms with Gasteiger partial charge in [0.25, 0.3) is 0 Å². The Balaban J connectivity index is -0.0000000575. The topological polar surface area (TPSA) is 119 Å². The third-order valence-electron chi connectivity index (χ3n) is 0. The number of nitrogens with zero attached hydrogens (tertiary/aromatic N) is 1. The summed E-state index contributed by atoms with van der Waals surface area (Å²) in [5, 5.41) is 13.9. The van der Waals surface area contributed by atoms with Crippen molar-refractivity contribution < 1.29 is 15.0 Å². The molecule has 6 nitrogen and oxygen atoms in total. The molecular formula is CH5N3NaO3+. The molecule has 0 spiro atoms. The second-order valence-corrected chi connectivity index (χ2v) is 0.394. The normalized spacial score (nSPS) is 4.00. The molecule has 4 N–H and O–H groups in total. The van der Waals surface area contributed by atoms with Crippen molar-refractivity contribution in [3.63, 3.8) is 0 Å². The summed E-state index contributed by atoms with van der Waals surface area (Å²) in [6.07, 6.45) is -1.83. The Bertz CT molecular complexity index is 82.5. The Morgan fingerprint density at radius 3 is 1.38 bits per heavy atom. The van der Waals surface area contributed by atoms with Gasteiger partial charge in [-0.25, -0.2) is 4.79 Å². The maximum atomic E-state index is 8.56. The zero-order valence-corrected chi connectivity index (χ0v) is 3.25. The molecule has 8 heavy (non-hydrogen) atoms. The van der Waals surface area contributed by atoms with E-state index in [-0.39, 0.29) is 29.6 Å². The van der Waals surface area contributed by atoms with Crippen LogP contribution in [0.3, 0.4) is 0 Å². The molecule has 0 fully saturated rings. The van der Waals surface area contributed by atoms with Crippen LogP contribution >= 0.6 is 0 Å². The monoisotopic (exact) mass is 130 g/mol. The van der Waals surface area contributed by atoms with Crippen LogP contribution in [-0.2, 0) is 0 Å². The van der Waals surface area contributed by atoms with Crippen molar-refractivity contribution in [1.29, 1.82) is 11.1 Å². The second kappa shape index (κ2) is 16.0. The van der Waals surface area contributed by atoms with E-state index >= 15 is 0 Å². The molecule has 0 aromatic carbocycles. The summed E-state index contributed by atoms with van der Waals surface area (Å²) in [4.78, 5) is 10.6. The van der Waals surface area contributed by atoms with Gasteiger partial charge in [0.2, 0.25) is 4.91 Å². The van der Waals surface area contributed by atoms with E-state index in [0.29, 0.717) is 0 Å². The average Bonchev–Trinajstić information content (AvgIpc) is 1.33. The fourth-order valence-electron chi connectivity index (χ4n) is 0. The molecule has 0 aromatic rings. The van der Waals surface area contributed by atoms with Gasteiger partial charge < -0.3 is 10.2 Å². The molecule has 0 aliphatic rings. The SMILES string of the molecule is N=[N+]=N.O=C(O)O.[NaH]. The van der Waals surface area contributed by atoms with Crippen LogP contribution in [0.2, 0.25) is 0 Å². The van der Waals surface area contributed by atoms with Gasteiger partial charge in [-0.2, -0.15) is 0 Å². The molecule has 0 radical (unpaired) electrons. The van der Waals surface area contributed by atoms with Gasteiger partial charge in [0.05, 0.1) is 0 Å². The van der Waals surface area contributed by atoms with Crippen LogP contribution in [-0.4, -0.2) is 45.9 Å². The average molecular weight is 130 g/mol. The summed E-state index contributed by atoms with van der Waals surface area (Å²) < 4.78 is 0. The molecule has 0 atom stereocenters. The van der Waals surface area contributed by atoms with Crippen LogP contribution in [0, 0.1) is 11.1 Å². The quantitative estimate of drug-likeness (QED) is 0.204. The van der Waals surface area contributed by atoms with Gasteiger partial charge in [-0.1, -0.05) is 0 Å². The molecule has 42 valence electrons. The number of nitrogens with one attached hydrogen (secondary N) is 2. The molecule has 0 aliphatic carbocycles. The van der Waals surface area contributed by atoms with Crippen LogP contribution < -0.4 is 4.91 Å². The third kappa shape index (κ3) is 664. The molecular weight excluding hydrogens is 125 g/mol. The molecule has 0 aromatic heterocycles. The maximum absolute atomic E-state index is 8.56. The molecule has 0 heterocycles. The number of carbonyl (C=O) groups is 1. The van der Waals surface area contributed by atoms with Crippen LogP contribution in [0.5, 0.6) is 0 Å². The zero-order valence-electron chi connectivity index (χ0n) is 3.25. The van der Waals surface area contributed by atoms with Gasteiger partial charge in [-0.15, -0.1) is 0 Å². The zero-order chi connectivity index (χ0) is 6.28. The number of hydrogen-bond acceptors (Lipinski definition) is 3. The molecule has 0 saturated heterocycles. The van der Waals surface area contributed by atoms with Crippen LogP contribution in [0.4, 0.5) is 4.79 Å². The van der Waals surface area contributed by atoms with E-state index in [9.17, 15) is 0 Å². The van der Waals surface area contributed by atoms with Crippen molar-refractivity contribution in [2.24, 2.45) is 0 Å². The first kappa shape index (κ1) is 15.6. The predicted molar refractivity (Wildman–Crippen MR) is 25.4 cm³/mol. The van der Waals surface area contributed by atoms with E-state index in [2.05, 4.69) is 0 Å². The number of hydrogen-bond donors (Lipinski definition) is 4. The Hall–Kier alpha value is -0.420. The van der Waals surface area contributed by atoms with E-state index in [1.807, 2.05) is 4.91 Å².